The van der Waals surface area contributed by atoms with Crippen LogP contribution in [-0.4, -0.2) is 30.5 Å². The summed E-state index contributed by atoms with van der Waals surface area (Å²) in [5.41, 5.74) is 11.2. The lowest BCUT2D eigenvalue weighted by Gasteiger charge is -2.20. The first-order valence-corrected chi connectivity index (χ1v) is 9.22. The molecule has 0 radical (unpaired) electrons. The van der Waals surface area contributed by atoms with Crippen LogP contribution in [0.4, 0.5) is 11.4 Å². The molecule has 3 rings (SSSR count). The highest BCUT2D eigenvalue weighted by molar-refractivity contribution is 5.66. The Hall–Kier alpha value is -3.28. The standard InChI is InChI=1S/C22H26N4O2/c1-6-25(4)20-13-19(16-8-7-9-18(12-16)28-5)24-26(22(20)27)21-14(2)10-17(23)11-15(21)3/h7-13H,6,23H2,1-5H3. The number of aromatic nitrogens is 2. The molecule has 0 aliphatic carbocycles. The van der Waals surface area contributed by atoms with Gasteiger partial charge in [0.15, 0.2) is 0 Å². The first kappa shape index (κ1) is 19.5. The number of hydrogen-bond donors (Lipinski definition) is 1. The fourth-order valence-electron chi connectivity index (χ4n) is 3.32. The molecule has 0 bridgehead atoms. The van der Waals surface area contributed by atoms with Crippen LogP contribution >= 0.6 is 0 Å². The summed E-state index contributed by atoms with van der Waals surface area (Å²) in [4.78, 5) is 15.2. The minimum absolute atomic E-state index is 0.160. The molecule has 1 heterocycles. The monoisotopic (exact) mass is 378 g/mol. The summed E-state index contributed by atoms with van der Waals surface area (Å²) in [5, 5.41) is 4.70. The zero-order valence-corrected chi connectivity index (χ0v) is 17.0. The smallest absolute Gasteiger partial charge is 0.295 e. The number of rotatable bonds is 5. The van der Waals surface area contributed by atoms with Gasteiger partial charge in [0.1, 0.15) is 11.4 Å². The number of ether oxygens (including phenoxy) is 1. The van der Waals surface area contributed by atoms with Gasteiger partial charge in [-0.1, -0.05) is 12.1 Å². The van der Waals surface area contributed by atoms with Gasteiger partial charge in [-0.3, -0.25) is 4.79 Å². The molecule has 2 aromatic carbocycles. The van der Waals surface area contributed by atoms with Gasteiger partial charge in [-0.2, -0.15) is 9.78 Å². The fraction of sp³-hybridized carbons (Fsp3) is 0.273. The summed E-state index contributed by atoms with van der Waals surface area (Å²) in [6, 6.07) is 13.2. The third-order valence-corrected chi connectivity index (χ3v) is 4.87. The van der Waals surface area contributed by atoms with Gasteiger partial charge >= 0.3 is 0 Å². The van der Waals surface area contributed by atoms with Gasteiger partial charge in [0.25, 0.3) is 5.56 Å². The third kappa shape index (κ3) is 3.58. The Kier molecular flexibility index (Phi) is 5.40. The first-order chi connectivity index (χ1) is 13.3. The maximum atomic E-state index is 13.3. The second kappa shape index (κ2) is 7.76. The second-order valence-corrected chi connectivity index (χ2v) is 6.88. The van der Waals surface area contributed by atoms with E-state index in [1.165, 1.54) is 4.68 Å². The lowest BCUT2D eigenvalue weighted by atomic mass is 10.1. The van der Waals surface area contributed by atoms with Crippen molar-refractivity contribution in [1.82, 2.24) is 9.78 Å². The molecule has 3 aromatic rings. The summed E-state index contributed by atoms with van der Waals surface area (Å²) < 4.78 is 6.83. The molecule has 0 spiro atoms. The van der Waals surface area contributed by atoms with Crippen LogP contribution in [0, 0.1) is 13.8 Å². The van der Waals surface area contributed by atoms with Crippen molar-refractivity contribution in [3.8, 4) is 22.7 Å². The molecule has 146 valence electrons. The lowest BCUT2D eigenvalue weighted by Crippen LogP contribution is -2.31. The molecular weight excluding hydrogens is 352 g/mol. The molecule has 0 aliphatic rings. The number of nitrogens with two attached hydrogens (primary N) is 1. The van der Waals surface area contributed by atoms with Crippen molar-refractivity contribution in [1.29, 1.82) is 0 Å². The van der Waals surface area contributed by atoms with E-state index in [-0.39, 0.29) is 5.56 Å². The van der Waals surface area contributed by atoms with E-state index in [1.807, 2.05) is 75.2 Å². The number of benzene rings is 2. The first-order valence-electron chi connectivity index (χ1n) is 9.22. The summed E-state index contributed by atoms with van der Waals surface area (Å²) in [7, 11) is 3.53. The van der Waals surface area contributed by atoms with E-state index < -0.39 is 0 Å². The van der Waals surface area contributed by atoms with Crippen LogP contribution in [0.15, 0.2) is 47.3 Å². The molecule has 1 aromatic heterocycles. The van der Waals surface area contributed by atoms with Crippen molar-refractivity contribution in [2.75, 3.05) is 31.3 Å². The minimum Gasteiger partial charge on any atom is -0.497 e. The molecule has 6 nitrogen and oxygen atoms in total. The normalized spacial score (nSPS) is 10.8. The molecule has 0 amide bonds. The Bertz CT molecular complexity index is 1050. The molecule has 0 saturated carbocycles. The highest BCUT2D eigenvalue weighted by Crippen LogP contribution is 2.26. The largest absolute Gasteiger partial charge is 0.497 e. The fourth-order valence-corrected chi connectivity index (χ4v) is 3.32. The highest BCUT2D eigenvalue weighted by Gasteiger charge is 2.17. The number of aryl methyl sites for hydroxylation is 2. The van der Waals surface area contributed by atoms with E-state index in [2.05, 4.69) is 0 Å². The van der Waals surface area contributed by atoms with Crippen molar-refractivity contribution < 1.29 is 4.74 Å². The Morgan fingerprint density at radius 2 is 1.82 bits per heavy atom. The lowest BCUT2D eigenvalue weighted by molar-refractivity contribution is 0.415. The van der Waals surface area contributed by atoms with Gasteiger partial charge in [0, 0.05) is 24.8 Å². The van der Waals surface area contributed by atoms with E-state index in [1.54, 1.807) is 7.11 Å². The SMILES string of the molecule is CCN(C)c1cc(-c2cccc(OC)c2)nn(-c2c(C)cc(N)cc2C)c1=O. The average molecular weight is 378 g/mol. The van der Waals surface area contributed by atoms with Gasteiger partial charge < -0.3 is 15.4 Å². The number of hydrogen-bond acceptors (Lipinski definition) is 5. The van der Waals surface area contributed by atoms with Crippen molar-refractivity contribution >= 4 is 11.4 Å². The Morgan fingerprint density at radius 1 is 1.14 bits per heavy atom. The maximum absolute atomic E-state index is 13.3. The topological polar surface area (TPSA) is 73.4 Å². The molecule has 0 unspecified atom stereocenters. The summed E-state index contributed by atoms with van der Waals surface area (Å²) in [6.45, 7) is 6.59. The predicted molar refractivity (Wildman–Crippen MR) is 115 cm³/mol. The predicted octanol–water partition coefficient (Wildman–Crippen LogP) is 3.56. The Morgan fingerprint density at radius 3 is 2.43 bits per heavy atom. The van der Waals surface area contributed by atoms with Gasteiger partial charge in [0.2, 0.25) is 0 Å². The number of nitrogens with zero attached hydrogens (tertiary/aromatic N) is 3. The summed E-state index contributed by atoms with van der Waals surface area (Å²) >= 11 is 0. The summed E-state index contributed by atoms with van der Waals surface area (Å²) in [6.07, 6.45) is 0. The average Bonchev–Trinajstić information content (AvgIpc) is 2.67. The van der Waals surface area contributed by atoms with Gasteiger partial charge in [-0.25, -0.2) is 0 Å². The van der Waals surface area contributed by atoms with Crippen LogP contribution in [0.3, 0.4) is 0 Å². The van der Waals surface area contributed by atoms with E-state index in [4.69, 9.17) is 15.6 Å². The number of anilines is 2. The van der Waals surface area contributed by atoms with Crippen LogP contribution in [-0.2, 0) is 0 Å². The van der Waals surface area contributed by atoms with Crippen LogP contribution in [0.1, 0.15) is 18.1 Å². The van der Waals surface area contributed by atoms with E-state index >= 15 is 0 Å². The van der Waals surface area contributed by atoms with Crippen molar-refractivity contribution in [3.05, 3.63) is 63.9 Å². The minimum atomic E-state index is -0.160. The molecular formula is C22H26N4O2. The quantitative estimate of drug-likeness (QED) is 0.687. The second-order valence-electron chi connectivity index (χ2n) is 6.88. The van der Waals surface area contributed by atoms with E-state index in [9.17, 15) is 4.79 Å². The van der Waals surface area contributed by atoms with Crippen LogP contribution in [0.5, 0.6) is 5.75 Å². The van der Waals surface area contributed by atoms with E-state index in [0.29, 0.717) is 23.6 Å². The third-order valence-electron chi connectivity index (χ3n) is 4.87. The van der Waals surface area contributed by atoms with Gasteiger partial charge in [-0.05, 0) is 62.2 Å². The van der Waals surface area contributed by atoms with E-state index in [0.717, 1.165) is 28.1 Å². The zero-order chi connectivity index (χ0) is 20.4. The maximum Gasteiger partial charge on any atom is 0.295 e. The Balaban J connectivity index is 2.33. The number of nitrogen functional groups attached to an aromatic ring is 1. The zero-order valence-electron chi connectivity index (χ0n) is 17.0. The molecule has 0 atom stereocenters. The Labute approximate surface area is 165 Å². The molecule has 0 aliphatic heterocycles. The molecule has 28 heavy (non-hydrogen) atoms. The molecule has 6 heteroatoms. The molecule has 0 saturated heterocycles. The van der Waals surface area contributed by atoms with Crippen molar-refractivity contribution in [2.24, 2.45) is 0 Å². The van der Waals surface area contributed by atoms with Gasteiger partial charge in [-0.15, -0.1) is 0 Å². The van der Waals surface area contributed by atoms with Crippen molar-refractivity contribution in [3.63, 3.8) is 0 Å². The highest BCUT2D eigenvalue weighted by atomic mass is 16.5. The molecule has 2 N–H and O–H groups in total. The number of methoxy groups -OCH3 is 1. The van der Waals surface area contributed by atoms with Crippen LogP contribution < -0.4 is 20.9 Å². The van der Waals surface area contributed by atoms with Crippen LogP contribution in [0.25, 0.3) is 16.9 Å². The summed E-state index contributed by atoms with van der Waals surface area (Å²) in [5.74, 6) is 0.738. The molecule has 0 fully saturated rings. The van der Waals surface area contributed by atoms with Crippen molar-refractivity contribution in [2.45, 2.75) is 20.8 Å². The van der Waals surface area contributed by atoms with Gasteiger partial charge in [0.05, 0.1) is 18.5 Å². The van der Waals surface area contributed by atoms with Crippen LogP contribution in [0.2, 0.25) is 0 Å².